The molecule has 28 N–H and O–H groups in total. The topological polar surface area (TPSA) is 731 Å². The normalized spacial score (nSPS) is 24.8. The number of aliphatic hydroxyl groups is 6. The zero-order chi connectivity index (χ0) is 103. The van der Waals surface area contributed by atoms with Crippen LogP contribution in [0.2, 0.25) is 10.0 Å². The average Bonchev–Trinajstić information content (AvgIpc) is 0.754. The fourth-order valence-corrected chi connectivity index (χ4v) is 20.3. The van der Waals surface area contributed by atoms with Crippen LogP contribution in [0.15, 0.2) is 97.1 Å². The van der Waals surface area contributed by atoms with Gasteiger partial charge in [-0.2, -0.15) is 0 Å². The Hall–Kier alpha value is -10.1. The van der Waals surface area contributed by atoms with E-state index in [4.69, 9.17) is 62.1 Å². The van der Waals surface area contributed by atoms with Crippen molar-refractivity contribution in [2.75, 3.05) is 51.5 Å². The highest BCUT2D eigenvalue weighted by Gasteiger charge is 2.53. The number of benzene rings is 6. The summed E-state index contributed by atoms with van der Waals surface area (Å²) in [6.45, 7) is 7.33. The largest absolute Gasteiger partial charge is 0.507 e. The second-order valence-electron chi connectivity index (χ2n) is 35.7. The van der Waals surface area contributed by atoms with Gasteiger partial charge in [-0.25, -0.2) is 4.79 Å². The molecule has 2 fully saturated rings. The number of rotatable bonds is 37. The van der Waals surface area contributed by atoms with Crippen LogP contribution in [-0.4, -0.2) is 259 Å². The summed E-state index contributed by atoms with van der Waals surface area (Å²) in [6.07, 6.45) is -12.4. The predicted molar refractivity (Wildman–Crippen MR) is 502 cm³/mol. The number of phenols is 3. The maximum absolute atomic E-state index is 16.6. The number of fused-ring (bicyclic) bond motifs is 15. The second-order valence-corrected chi connectivity index (χ2v) is 42.1. The van der Waals surface area contributed by atoms with E-state index < -0.39 is 325 Å². The Morgan fingerprint density at radius 3 is 1.85 bits per heavy atom. The molecule has 7 aliphatic heterocycles. The number of nitrogens with two attached hydrogens (primary N) is 1. The van der Waals surface area contributed by atoms with Crippen LogP contribution < -0.4 is 78.4 Å². The minimum atomic E-state index is -5.41. The number of amides is 8. The Labute approximate surface area is 818 Å². The van der Waals surface area contributed by atoms with Gasteiger partial charge in [0, 0.05) is 54.0 Å². The van der Waals surface area contributed by atoms with Crippen molar-refractivity contribution in [1.82, 2.24) is 53.2 Å². The number of hydrogen-bond donors (Lipinski definition) is 27. The van der Waals surface area contributed by atoms with Gasteiger partial charge in [0.2, 0.25) is 53.4 Å². The molecular weight excluding hydrogens is 1960 g/mol. The smallest absolute Gasteiger partial charge is 0.341 e. The van der Waals surface area contributed by atoms with Gasteiger partial charge in [-0.1, -0.05) is 119 Å². The number of esters is 1. The predicted octanol–water partition coefficient (Wildman–Crippen LogP) is 3.01. The van der Waals surface area contributed by atoms with E-state index in [2.05, 4.69) is 65.4 Å². The monoisotopic (exact) mass is 2070 g/mol. The summed E-state index contributed by atoms with van der Waals surface area (Å²) in [6, 6.07) is 1.02. The van der Waals surface area contributed by atoms with E-state index in [1.54, 1.807) is 27.7 Å². The average molecular weight is 2080 g/mol. The van der Waals surface area contributed by atoms with Crippen LogP contribution in [0, 0.1) is 5.92 Å². The molecule has 0 radical (unpaired) electrons. The third kappa shape index (κ3) is 28.5. The molecule has 0 aromatic heterocycles. The maximum Gasteiger partial charge on any atom is 0.341 e. The number of hydrogen-bond acceptors (Lipinski definition) is 32. The van der Waals surface area contributed by atoms with Gasteiger partial charge >= 0.3 is 28.8 Å². The Kier molecular flexibility index (Phi) is 38.3. The molecule has 0 saturated carbocycles. The first-order chi connectivity index (χ1) is 66.5. The number of carbonyl (C=O) groups excluding carboxylic acids is 9. The SMILES string of the molecule is CCCCCCCCCCNCCN[C@@]1(C)C[C@H](O[C@H]2[C@H](Oc3c4cc5cc3Oc3ccc(cc3Cl)[C@@H](O)[C@@H](NC(=O)[C@@H](CC(C)C)NC)C(=O)N[C@@H](CC(N)=O)C(=O)N[C@H]5C(=O)N[C@H]3C(=O)N[C@H](C(=O)N[C@H](C(=O)OCC(=O)Nc5ccc(CC(P(=O)(O)O)P(=O)(O)O)cc5)c5cc(O)c(CNCP(=O)(O)O)c(O)c5-c5cc3ccc5O)[C@H](O)c3ccc(c(Cl)c3)O4)O[C@H](CO)[C@@H](O)[C@@H]2O)O[C@@H](C)[C@H]1O. The van der Waals surface area contributed by atoms with Gasteiger partial charge in [-0.3, -0.25) is 52.1 Å². The molecule has 7 heterocycles. The number of ether oxygens (including phenoxy) is 7. The summed E-state index contributed by atoms with van der Waals surface area (Å²) in [4.78, 5) is 195. The molecule has 46 nitrogen and oxygen atoms in total. The van der Waals surface area contributed by atoms with E-state index >= 15 is 28.8 Å². The summed E-state index contributed by atoms with van der Waals surface area (Å²) in [5, 5.41) is 135. The number of phenolic OH excluding ortho intramolecular Hbond substituents is 3. The fourth-order valence-electron chi connectivity index (χ4n) is 16.9. The number of anilines is 1. The number of halogens is 2. The first-order valence-corrected chi connectivity index (χ1v) is 51.2. The Bertz CT molecular complexity index is 5660. The lowest BCUT2D eigenvalue weighted by Crippen LogP contribution is -2.65. The molecule has 11 bridgehead atoms. The van der Waals surface area contributed by atoms with E-state index in [-0.39, 0.29) is 35.6 Å². The summed E-state index contributed by atoms with van der Waals surface area (Å²) in [5.74, 6) is -19.1. The lowest BCUT2D eigenvalue weighted by Gasteiger charge is -2.48. The highest BCUT2D eigenvalue weighted by atomic mass is 35.5. The summed E-state index contributed by atoms with van der Waals surface area (Å²) in [7, 11) is -14.3. The molecule has 772 valence electrons. The highest BCUT2D eigenvalue weighted by Crippen LogP contribution is 2.61. The Morgan fingerprint density at radius 1 is 0.652 bits per heavy atom. The first-order valence-electron chi connectivity index (χ1n) is 45.3. The quantitative estimate of drug-likeness (QED) is 0.0151. The Morgan fingerprint density at radius 2 is 1.26 bits per heavy atom. The lowest BCUT2D eigenvalue weighted by atomic mass is 9.85. The van der Waals surface area contributed by atoms with Gasteiger partial charge in [0.25, 0.3) is 5.91 Å². The molecule has 0 spiro atoms. The van der Waals surface area contributed by atoms with Gasteiger partial charge in [-0.05, 0) is 147 Å². The molecule has 51 heteroatoms. The van der Waals surface area contributed by atoms with Crippen LogP contribution in [-0.2, 0) is 88.8 Å². The summed E-state index contributed by atoms with van der Waals surface area (Å²) >= 11 is 14.5. The standard InChI is InChI=1S/C90H119Cl2N12O34P3/c1-7-8-9-10-11-12-13-14-25-95-26-27-97-90(5)37-66(133-43(4)81(90)115)137-80-78(114)77(113)63(39-105)136-89(80)138-79-61-33-48-34-62(79)135-60-24-19-47(32-54(60)92)75(111)73-87(121)102-71(88(122)132-40-65(109)98-49-20-15-44(16-21-49)29-67(140(126,127)128)141(129,130)131)51-35-58(107)52(38-96-41-139(123,124)125)76(112)68(51)50-30-45(17-22-57(50)106)69(84(118)104-73)101-85(119)70(48)100-83(117)56(36-64(93)108)99-86(120)72(103-82(116)55(94-6)28-42(2)3)74(110)46-18-23-59(134-61)53(91)31-46/h15-24,30-35,42-43,55-56,63,66-67,69-75,77-78,80-81,89,94-97,105-107,110-115H,7-14,25-29,36-41H2,1-6H3,(H2,93,108)(H,98,109)(H,99,120)(H,100,117)(H,101,119)(H,102,121)(H,103,116)(H,104,118)(H2,123,124,125)(H2,126,127,128)(H2,129,130,131)/t43-,55+,56-,63+,66-,69+,70+,71-,72+,73-,74+,75+,77+,78-,80+,81+,89-,90-/m0/s1. The van der Waals surface area contributed by atoms with Crippen LogP contribution in [0.1, 0.15) is 175 Å². The van der Waals surface area contributed by atoms with Crippen molar-refractivity contribution in [1.29, 1.82) is 0 Å². The Balaban J connectivity index is 1.08. The van der Waals surface area contributed by atoms with Crippen LogP contribution in [0.4, 0.5) is 5.69 Å². The number of primary amides is 1. The zero-order valence-corrected chi connectivity index (χ0v) is 81.5. The van der Waals surface area contributed by atoms with Gasteiger partial charge in [0.05, 0.1) is 53.2 Å². The highest BCUT2D eigenvalue weighted by molar-refractivity contribution is 7.70. The molecule has 2 saturated heterocycles. The molecule has 13 rings (SSSR count). The third-order valence-corrected chi connectivity index (χ3v) is 29.4. The van der Waals surface area contributed by atoms with Crippen molar-refractivity contribution < 1.29 is 165 Å². The van der Waals surface area contributed by atoms with Gasteiger partial charge < -0.3 is 173 Å². The van der Waals surface area contributed by atoms with E-state index in [1.165, 1.54) is 32.4 Å². The number of likely N-dealkylation sites (N-methyl/N-ethyl adjacent to an activating group) is 1. The molecule has 6 aromatic rings. The van der Waals surface area contributed by atoms with E-state index in [0.29, 0.717) is 19.2 Å². The van der Waals surface area contributed by atoms with Crippen molar-refractivity contribution >= 4 is 105 Å². The number of carbonyl (C=O) groups is 9. The number of nitrogens with one attached hydrogen (secondary N) is 11. The number of unbranched alkanes of at least 4 members (excludes halogenated alkanes) is 7. The molecule has 6 aromatic carbocycles. The second kappa shape index (κ2) is 48.5. The van der Waals surface area contributed by atoms with Gasteiger partial charge in [0.15, 0.2) is 41.9 Å². The first kappa shape index (κ1) is 111. The van der Waals surface area contributed by atoms with E-state index in [9.17, 15) is 103 Å². The minimum Gasteiger partial charge on any atom is -0.507 e. The minimum absolute atomic E-state index is 0.0348. The van der Waals surface area contributed by atoms with Crippen molar-refractivity contribution in [3.63, 3.8) is 0 Å². The van der Waals surface area contributed by atoms with Crippen LogP contribution in [0.25, 0.3) is 11.1 Å². The van der Waals surface area contributed by atoms with E-state index in [0.717, 1.165) is 124 Å². The maximum atomic E-state index is 16.6. The van der Waals surface area contributed by atoms with Crippen molar-refractivity contribution in [2.45, 2.75) is 233 Å². The lowest BCUT2D eigenvalue weighted by molar-refractivity contribution is -0.334. The molecule has 8 amide bonds. The number of aromatic hydroxyl groups is 3. The van der Waals surface area contributed by atoms with Crippen molar-refractivity contribution in [3.8, 4) is 57.1 Å². The molecule has 7 aliphatic rings. The molecule has 18 atom stereocenters. The molecule has 141 heavy (non-hydrogen) atoms. The summed E-state index contributed by atoms with van der Waals surface area (Å²) < 4.78 is 81.6. The molecular formula is C90H119Cl2N12O34P3. The number of aliphatic hydroxyl groups excluding tert-OH is 6. The van der Waals surface area contributed by atoms with Crippen molar-refractivity contribution in [3.05, 3.63) is 146 Å². The van der Waals surface area contributed by atoms with E-state index in [1.807, 2.05) is 0 Å². The molecule has 0 unspecified atom stereocenters. The van der Waals surface area contributed by atoms with Gasteiger partial charge in [-0.15, -0.1) is 0 Å². The zero-order valence-electron chi connectivity index (χ0n) is 77.3. The van der Waals surface area contributed by atoms with Crippen LogP contribution in [0.5, 0.6) is 46.0 Å². The molecule has 0 aliphatic carbocycles. The van der Waals surface area contributed by atoms with Gasteiger partial charge in [0.1, 0.15) is 89.5 Å². The summed E-state index contributed by atoms with van der Waals surface area (Å²) in [5.41, 5.74) is -0.273. The van der Waals surface area contributed by atoms with Crippen LogP contribution in [0.3, 0.4) is 0 Å². The van der Waals surface area contributed by atoms with Crippen LogP contribution >= 0.6 is 46.0 Å². The third-order valence-electron chi connectivity index (χ3n) is 24.4. The van der Waals surface area contributed by atoms with Crippen molar-refractivity contribution in [2.24, 2.45) is 11.7 Å². The fraction of sp³-hybridized carbons (Fsp3) is 0.500.